The summed E-state index contributed by atoms with van der Waals surface area (Å²) in [6.07, 6.45) is 11.6. The van der Waals surface area contributed by atoms with Gasteiger partial charge in [0.1, 0.15) is 0 Å². The van der Waals surface area contributed by atoms with E-state index in [9.17, 15) is 0 Å². The first-order chi connectivity index (χ1) is 6.90. The fourth-order valence-corrected chi connectivity index (χ4v) is 3.21. The van der Waals surface area contributed by atoms with Gasteiger partial charge in [-0.1, -0.05) is 39.5 Å². The van der Waals surface area contributed by atoms with E-state index < -0.39 is 0 Å². The molecule has 2 aliphatic rings. The van der Waals surface area contributed by atoms with Gasteiger partial charge in [-0.2, -0.15) is 0 Å². The summed E-state index contributed by atoms with van der Waals surface area (Å²) in [5, 5.41) is 0. The van der Waals surface area contributed by atoms with Gasteiger partial charge in [0.25, 0.3) is 0 Å². The molecule has 0 aromatic rings. The molecule has 2 N–H and O–H groups in total. The van der Waals surface area contributed by atoms with Crippen LogP contribution in [0.3, 0.4) is 0 Å². The highest BCUT2D eigenvalue weighted by atomic mass is 15.2. The molecule has 2 heteroatoms. The third kappa shape index (κ3) is 3.46. The topological polar surface area (TPSA) is 29.3 Å². The summed E-state index contributed by atoms with van der Waals surface area (Å²) in [6, 6.07) is 0.822. The van der Waals surface area contributed by atoms with Crippen LogP contribution in [0.5, 0.6) is 0 Å². The van der Waals surface area contributed by atoms with E-state index in [1.54, 1.807) is 0 Å². The Kier molecular flexibility index (Phi) is 5.62. The van der Waals surface area contributed by atoms with Gasteiger partial charge < -0.3 is 5.73 Å². The summed E-state index contributed by atoms with van der Waals surface area (Å²) >= 11 is 0. The Morgan fingerprint density at radius 3 is 2.40 bits per heavy atom. The van der Waals surface area contributed by atoms with Crippen molar-refractivity contribution in [3.8, 4) is 0 Å². The Balaban J connectivity index is 0.00000112. The molecule has 1 heterocycles. The number of hydrogen-bond donors (Lipinski definition) is 1. The lowest BCUT2D eigenvalue weighted by Gasteiger charge is -2.29. The zero-order valence-electron chi connectivity index (χ0n) is 9.25. The smallest absolute Gasteiger partial charge is 0.0457 e. The van der Waals surface area contributed by atoms with Crippen LogP contribution in [0.15, 0.2) is 0 Å². The molecule has 2 nitrogen and oxygen atoms in total. The quantitative estimate of drug-likeness (QED) is 0.779. The van der Waals surface area contributed by atoms with E-state index in [1.807, 2.05) is 0 Å². The number of nitrogens with zero attached hydrogens (tertiary/aromatic N) is 1. The minimum Gasteiger partial charge on any atom is -0.318 e. The van der Waals surface area contributed by atoms with E-state index in [1.165, 1.54) is 57.9 Å². The second-order valence-electron chi connectivity index (χ2n) is 5.03. The average Bonchev–Trinajstić information content (AvgIpc) is 2.67. The van der Waals surface area contributed by atoms with E-state index in [4.69, 9.17) is 5.73 Å². The number of hydrogen-bond acceptors (Lipinski definition) is 2. The minimum absolute atomic E-state index is 0. The second kappa shape index (κ2) is 6.49. The summed E-state index contributed by atoms with van der Waals surface area (Å²) in [5.74, 6) is 1.01. The maximum Gasteiger partial charge on any atom is 0.0457 e. The molecular formula is C13H28N2. The first-order valence-electron chi connectivity index (χ1n) is 6.34. The van der Waals surface area contributed by atoms with Crippen LogP contribution in [0.2, 0.25) is 0 Å². The maximum atomic E-state index is 5.76. The lowest BCUT2D eigenvalue weighted by molar-refractivity contribution is 0.203. The molecule has 1 atom stereocenters. The van der Waals surface area contributed by atoms with Crippen LogP contribution in [0.4, 0.5) is 0 Å². The molecule has 0 bridgehead atoms. The van der Waals surface area contributed by atoms with E-state index in [0.29, 0.717) is 0 Å². The number of likely N-dealkylation sites (tertiary alicyclic amines) is 1. The minimum atomic E-state index is 0. The highest BCUT2D eigenvalue weighted by molar-refractivity contribution is 4.81. The van der Waals surface area contributed by atoms with Crippen LogP contribution in [0, 0.1) is 5.92 Å². The molecule has 15 heavy (non-hydrogen) atoms. The fourth-order valence-electron chi connectivity index (χ4n) is 3.21. The third-order valence-corrected chi connectivity index (χ3v) is 4.06. The summed E-state index contributed by atoms with van der Waals surface area (Å²) in [4.78, 5) is 2.48. The molecule has 90 valence electrons. The Morgan fingerprint density at radius 2 is 1.73 bits per heavy atom. The Morgan fingerprint density at radius 1 is 1.00 bits per heavy atom. The molecule has 0 radical (unpaired) electrons. The summed E-state index contributed by atoms with van der Waals surface area (Å²) in [7, 11) is 0. The molecular weight excluding hydrogens is 184 g/mol. The van der Waals surface area contributed by atoms with Crippen molar-refractivity contribution in [3.63, 3.8) is 0 Å². The van der Waals surface area contributed by atoms with E-state index in [-0.39, 0.29) is 7.43 Å². The van der Waals surface area contributed by atoms with Crippen molar-refractivity contribution >= 4 is 0 Å². The van der Waals surface area contributed by atoms with Gasteiger partial charge in [0.2, 0.25) is 0 Å². The van der Waals surface area contributed by atoms with Crippen molar-refractivity contribution in [1.29, 1.82) is 0 Å². The highest BCUT2D eigenvalue weighted by Gasteiger charge is 2.26. The average molecular weight is 212 g/mol. The van der Waals surface area contributed by atoms with Gasteiger partial charge in [-0.05, 0) is 31.7 Å². The van der Waals surface area contributed by atoms with Gasteiger partial charge in [0, 0.05) is 12.7 Å². The standard InChI is InChI=1S/C12H24N2.CH4/c13-10-14-8-4-7-12(14)9-11-5-2-1-3-6-11;/h11-12H,1-10,13H2;1H4. The lowest BCUT2D eigenvalue weighted by atomic mass is 9.84. The van der Waals surface area contributed by atoms with Gasteiger partial charge >= 0.3 is 0 Å². The molecule has 1 saturated carbocycles. The Labute approximate surface area is 95.2 Å². The van der Waals surface area contributed by atoms with Crippen LogP contribution in [0.1, 0.15) is 58.8 Å². The van der Waals surface area contributed by atoms with Crippen LogP contribution >= 0.6 is 0 Å². The maximum absolute atomic E-state index is 5.76. The fraction of sp³-hybridized carbons (Fsp3) is 1.00. The van der Waals surface area contributed by atoms with Crippen LogP contribution in [-0.4, -0.2) is 24.2 Å². The SMILES string of the molecule is C.NCN1CCCC1CC1CCCCC1. The summed E-state index contributed by atoms with van der Waals surface area (Å²) < 4.78 is 0. The monoisotopic (exact) mass is 212 g/mol. The largest absolute Gasteiger partial charge is 0.318 e. The summed E-state index contributed by atoms with van der Waals surface area (Å²) in [6.45, 7) is 2.02. The Bertz CT molecular complexity index is 164. The van der Waals surface area contributed by atoms with Crippen LogP contribution in [0.25, 0.3) is 0 Å². The van der Waals surface area contributed by atoms with Crippen molar-refractivity contribution in [2.45, 2.75) is 64.8 Å². The molecule has 2 rings (SSSR count). The van der Waals surface area contributed by atoms with E-state index in [2.05, 4.69) is 4.90 Å². The normalized spacial score (nSPS) is 29.0. The second-order valence-corrected chi connectivity index (χ2v) is 5.03. The molecule has 1 aliphatic carbocycles. The van der Waals surface area contributed by atoms with Crippen molar-refractivity contribution in [1.82, 2.24) is 4.90 Å². The first kappa shape index (κ1) is 13.0. The molecule has 1 saturated heterocycles. The zero-order chi connectivity index (χ0) is 9.80. The number of rotatable bonds is 3. The van der Waals surface area contributed by atoms with Gasteiger partial charge in [-0.25, -0.2) is 0 Å². The van der Waals surface area contributed by atoms with Gasteiger partial charge in [-0.3, -0.25) is 4.90 Å². The molecule has 0 amide bonds. The third-order valence-electron chi connectivity index (χ3n) is 4.06. The lowest BCUT2D eigenvalue weighted by Crippen LogP contribution is -2.36. The van der Waals surface area contributed by atoms with Gasteiger partial charge in [-0.15, -0.1) is 0 Å². The molecule has 0 spiro atoms. The van der Waals surface area contributed by atoms with Crippen molar-refractivity contribution < 1.29 is 0 Å². The first-order valence-corrected chi connectivity index (χ1v) is 6.34. The molecule has 2 fully saturated rings. The van der Waals surface area contributed by atoms with Gasteiger partial charge in [0.15, 0.2) is 0 Å². The van der Waals surface area contributed by atoms with E-state index in [0.717, 1.165) is 18.6 Å². The van der Waals surface area contributed by atoms with Crippen LogP contribution in [-0.2, 0) is 0 Å². The van der Waals surface area contributed by atoms with Crippen molar-refractivity contribution in [2.24, 2.45) is 11.7 Å². The predicted molar refractivity (Wildman–Crippen MR) is 66.7 cm³/mol. The predicted octanol–water partition coefficient (Wildman–Crippen LogP) is 2.97. The van der Waals surface area contributed by atoms with E-state index >= 15 is 0 Å². The van der Waals surface area contributed by atoms with Crippen molar-refractivity contribution in [2.75, 3.05) is 13.2 Å². The van der Waals surface area contributed by atoms with Crippen molar-refractivity contribution in [3.05, 3.63) is 0 Å². The zero-order valence-corrected chi connectivity index (χ0v) is 9.25. The Hall–Kier alpha value is -0.0800. The number of nitrogens with two attached hydrogens (primary N) is 1. The molecule has 0 aromatic carbocycles. The van der Waals surface area contributed by atoms with Gasteiger partial charge in [0.05, 0.1) is 0 Å². The van der Waals surface area contributed by atoms with Crippen LogP contribution < -0.4 is 5.73 Å². The summed E-state index contributed by atoms with van der Waals surface area (Å²) in [5.41, 5.74) is 5.76. The molecule has 1 aliphatic heterocycles. The molecule has 1 unspecified atom stereocenters. The highest BCUT2D eigenvalue weighted by Crippen LogP contribution is 2.31. The molecule has 0 aromatic heterocycles.